The van der Waals surface area contributed by atoms with E-state index >= 15 is 0 Å². The molecule has 0 spiro atoms. The van der Waals surface area contributed by atoms with Gasteiger partial charge in [0, 0.05) is 38.7 Å². The number of ether oxygens (including phenoxy) is 4. The van der Waals surface area contributed by atoms with Crippen molar-refractivity contribution in [3.8, 4) is 11.5 Å². The molecular weight excluding hydrogens is 610 g/mol. The lowest BCUT2D eigenvalue weighted by atomic mass is 10.1. The molecule has 1 aromatic carbocycles. The summed E-state index contributed by atoms with van der Waals surface area (Å²) in [6, 6.07) is 2.83. The van der Waals surface area contributed by atoms with Gasteiger partial charge in [0.2, 0.25) is 0 Å². The van der Waals surface area contributed by atoms with E-state index in [1.54, 1.807) is 48.5 Å². The molecule has 0 aliphatic carbocycles. The van der Waals surface area contributed by atoms with E-state index in [9.17, 15) is 19.2 Å². The number of likely N-dealkylation sites (N-methyl/N-ethyl adjacent to an activating group) is 1. The first-order valence-electron chi connectivity index (χ1n) is 15.4. The Bertz CT molecular complexity index is 1270. The minimum absolute atomic E-state index is 0.0209. The van der Waals surface area contributed by atoms with Gasteiger partial charge < -0.3 is 40.2 Å². The van der Waals surface area contributed by atoms with Crippen molar-refractivity contribution in [2.75, 3.05) is 53.5 Å². The molecular formula is C32H53N7O8. The highest BCUT2D eigenvalue weighted by molar-refractivity contribution is 6.02. The zero-order valence-electron chi connectivity index (χ0n) is 29.3. The first-order valence-corrected chi connectivity index (χ1v) is 15.4. The van der Waals surface area contributed by atoms with Gasteiger partial charge in [-0.2, -0.15) is 0 Å². The summed E-state index contributed by atoms with van der Waals surface area (Å²) in [6.07, 6.45) is -0.309. The molecule has 47 heavy (non-hydrogen) atoms. The van der Waals surface area contributed by atoms with Crippen molar-refractivity contribution in [2.45, 2.75) is 72.5 Å². The molecule has 0 aromatic heterocycles. The van der Waals surface area contributed by atoms with Crippen molar-refractivity contribution < 1.29 is 38.1 Å². The second kappa shape index (κ2) is 19.2. The van der Waals surface area contributed by atoms with Crippen LogP contribution in [0.15, 0.2) is 29.5 Å². The van der Waals surface area contributed by atoms with Crippen LogP contribution in [0.2, 0.25) is 0 Å². The minimum Gasteiger partial charge on any atom is -0.493 e. The third-order valence-electron chi connectivity index (χ3n) is 5.60. The lowest BCUT2D eigenvalue weighted by Crippen LogP contribution is -2.36. The number of primary amides is 1. The van der Waals surface area contributed by atoms with E-state index in [-0.39, 0.29) is 41.7 Å². The molecule has 0 fully saturated rings. The number of amides is 4. The van der Waals surface area contributed by atoms with Gasteiger partial charge in [0.25, 0.3) is 11.8 Å². The van der Waals surface area contributed by atoms with E-state index in [2.05, 4.69) is 32.8 Å². The molecule has 4 amide bonds. The van der Waals surface area contributed by atoms with Crippen molar-refractivity contribution in [2.24, 2.45) is 10.7 Å². The number of rotatable bonds is 17. The first-order chi connectivity index (χ1) is 21.8. The Morgan fingerprint density at radius 2 is 1.38 bits per heavy atom. The molecule has 0 heterocycles. The standard InChI is InChI=1S/C32H53N7O8/c1-21(37-29(42)46-31(3,4)5)34-13-11-17-44-25-20-26(24(19-23(25)27(33)40)28(41)36-15-16-39(9)10)45-18-12-14-35-22(2)38-30(43)47-32(6,7)8/h19-20,35H,2,11-18H2,1,3-10H3,(H2,33,40)(H,36,41)(H,38,43)(H,34,37,42). The third-order valence-corrected chi connectivity index (χ3v) is 5.60. The molecule has 1 aromatic rings. The Morgan fingerprint density at radius 3 is 1.94 bits per heavy atom. The molecule has 0 aliphatic heterocycles. The van der Waals surface area contributed by atoms with Gasteiger partial charge in [0.15, 0.2) is 0 Å². The molecule has 1 rings (SSSR count). The van der Waals surface area contributed by atoms with E-state index < -0.39 is 35.2 Å². The fourth-order valence-corrected chi connectivity index (χ4v) is 3.61. The lowest BCUT2D eigenvalue weighted by Gasteiger charge is -2.20. The molecule has 15 nitrogen and oxygen atoms in total. The molecule has 264 valence electrons. The molecule has 0 saturated carbocycles. The lowest BCUT2D eigenvalue weighted by molar-refractivity contribution is 0.0537. The Balaban J connectivity index is 2.92. The number of amidine groups is 1. The van der Waals surface area contributed by atoms with Crippen LogP contribution in [-0.2, 0) is 9.47 Å². The summed E-state index contributed by atoms with van der Waals surface area (Å²) >= 11 is 0. The van der Waals surface area contributed by atoms with Crippen molar-refractivity contribution in [3.05, 3.63) is 35.7 Å². The zero-order chi connectivity index (χ0) is 35.8. The number of benzene rings is 1. The van der Waals surface area contributed by atoms with Gasteiger partial charge in [0.05, 0.1) is 24.3 Å². The minimum atomic E-state index is -0.774. The third kappa shape index (κ3) is 18.3. The Kier molecular flexibility index (Phi) is 16.5. The number of carbonyl (C=O) groups excluding carboxylic acids is 4. The monoisotopic (exact) mass is 663 g/mol. The number of nitrogens with two attached hydrogens (primary N) is 1. The number of hydrogen-bond acceptors (Lipinski definition) is 11. The number of nitrogens with zero attached hydrogens (tertiary/aromatic N) is 2. The second-order valence-corrected chi connectivity index (χ2v) is 12.8. The molecule has 0 bridgehead atoms. The van der Waals surface area contributed by atoms with Crippen LogP contribution in [0.5, 0.6) is 11.5 Å². The largest absolute Gasteiger partial charge is 0.493 e. The average Bonchev–Trinajstić information content (AvgIpc) is 2.89. The van der Waals surface area contributed by atoms with Crippen LogP contribution in [0.1, 0.15) is 82.0 Å². The normalized spacial score (nSPS) is 11.7. The number of hydrogen-bond donors (Lipinski definition) is 5. The van der Waals surface area contributed by atoms with Gasteiger partial charge in [-0.1, -0.05) is 6.58 Å². The molecule has 6 N–H and O–H groups in total. The maximum atomic E-state index is 13.1. The summed E-state index contributed by atoms with van der Waals surface area (Å²) in [4.78, 5) is 55.5. The van der Waals surface area contributed by atoms with Gasteiger partial charge in [-0.25, -0.2) is 9.59 Å². The van der Waals surface area contributed by atoms with Gasteiger partial charge in [0.1, 0.15) is 34.4 Å². The van der Waals surface area contributed by atoms with Crippen LogP contribution in [0.3, 0.4) is 0 Å². The van der Waals surface area contributed by atoms with Crippen LogP contribution >= 0.6 is 0 Å². The van der Waals surface area contributed by atoms with Crippen LogP contribution in [-0.4, -0.2) is 99.4 Å². The van der Waals surface area contributed by atoms with E-state index in [1.807, 2.05) is 19.0 Å². The quantitative estimate of drug-likeness (QED) is 0.0939. The average molecular weight is 664 g/mol. The highest BCUT2D eigenvalue weighted by Gasteiger charge is 2.21. The molecule has 15 heteroatoms. The fraction of sp³-hybridized carbons (Fsp3) is 0.594. The van der Waals surface area contributed by atoms with Crippen molar-refractivity contribution >= 4 is 29.8 Å². The number of nitrogens with one attached hydrogen (secondary N) is 4. The van der Waals surface area contributed by atoms with Gasteiger partial charge in [-0.3, -0.25) is 25.2 Å². The van der Waals surface area contributed by atoms with E-state index in [0.717, 1.165) is 0 Å². The maximum absolute atomic E-state index is 13.1. The van der Waals surface area contributed by atoms with E-state index in [0.29, 0.717) is 44.9 Å². The van der Waals surface area contributed by atoms with Crippen molar-refractivity contribution in [1.82, 2.24) is 26.2 Å². The van der Waals surface area contributed by atoms with Crippen LogP contribution in [0.25, 0.3) is 0 Å². The second-order valence-electron chi connectivity index (χ2n) is 12.8. The Morgan fingerprint density at radius 1 is 0.830 bits per heavy atom. The molecule has 0 atom stereocenters. The molecule has 0 aliphatic rings. The van der Waals surface area contributed by atoms with E-state index in [1.165, 1.54) is 12.1 Å². The molecule has 0 saturated heterocycles. The fourth-order valence-electron chi connectivity index (χ4n) is 3.61. The predicted molar refractivity (Wildman–Crippen MR) is 180 cm³/mol. The number of aliphatic imine (C=N–C) groups is 1. The molecule has 0 unspecified atom stereocenters. The van der Waals surface area contributed by atoms with Crippen LogP contribution in [0.4, 0.5) is 9.59 Å². The number of carbonyl (C=O) groups is 4. The maximum Gasteiger partial charge on any atom is 0.413 e. The zero-order valence-corrected chi connectivity index (χ0v) is 29.3. The Hall–Kier alpha value is -4.53. The summed E-state index contributed by atoms with van der Waals surface area (Å²) in [5.41, 5.74) is 4.52. The van der Waals surface area contributed by atoms with Gasteiger partial charge >= 0.3 is 12.2 Å². The summed E-state index contributed by atoms with van der Waals surface area (Å²) in [5, 5.41) is 10.9. The highest BCUT2D eigenvalue weighted by atomic mass is 16.6. The van der Waals surface area contributed by atoms with Crippen molar-refractivity contribution in [1.29, 1.82) is 0 Å². The summed E-state index contributed by atoms with van der Waals surface area (Å²) in [7, 11) is 3.77. The van der Waals surface area contributed by atoms with Gasteiger partial charge in [-0.05, 0) is 75.0 Å². The Labute approximate surface area is 278 Å². The topological polar surface area (TPSA) is 195 Å². The summed E-state index contributed by atoms with van der Waals surface area (Å²) in [5.74, 6) is -0.208. The summed E-state index contributed by atoms with van der Waals surface area (Å²) < 4.78 is 22.2. The van der Waals surface area contributed by atoms with Crippen LogP contribution < -0.4 is 36.5 Å². The molecule has 0 radical (unpaired) electrons. The highest BCUT2D eigenvalue weighted by Crippen LogP contribution is 2.30. The predicted octanol–water partition coefficient (Wildman–Crippen LogP) is 3.14. The summed E-state index contributed by atoms with van der Waals surface area (Å²) in [6.45, 7) is 18.0. The smallest absolute Gasteiger partial charge is 0.413 e. The van der Waals surface area contributed by atoms with Crippen molar-refractivity contribution in [3.63, 3.8) is 0 Å². The van der Waals surface area contributed by atoms with Gasteiger partial charge in [-0.15, -0.1) is 0 Å². The van der Waals surface area contributed by atoms with E-state index in [4.69, 9.17) is 24.7 Å². The number of alkyl carbamates (subject to hydrolysis) is 2. The SMILES string of the molecule is C=C(NCCCOc1cc(OCCCN=C(C)NC(=O)OC(C)(C)C)c(C(N)=O)cc1C(=O)NCCN(C)C)NC(=O)OC(C)(C)C. The van der Waals surface area contributed by atoms with Crippen LogP contribution in [0, 0.1) is 0 Å². The first kappa shape index (κ1) is 40.5.